The normalized spacial score (nSPS) is 22.1. The smallest absolute Gasteiger partial charge is 0.125 e. The number of hydrogen-bond donors (Lipinski definition) is 2. The van der Waals surface area contributed by atoms with E-state index >= 15 is 0 Å². The number of phenolic OH excluding ortho intramolecular Hbond substituents is 1. The highest BCUT2D eigenvalue weighted by atomic mass is 32.2. The van der Waals surface area contributed by atoms with Gasteiger partial charge in [-0.25, -0.2) is 0 Å². The molecule has 0 saturated heterocycles. The van der Waals surface area contributed by atoms with Gasteiger partial charge in [0, 0.05) is 76.7 Å². The molecule has 0 radical (unpaired) electrons. The highest BCUT2D eigenvalue weighted by molar-refractivity contribution is 7.84. The standard InChI is InChI=1S/C26H14N2O2S2/c29-13-5-11-20-18-9(13)4-10-19-23-15(6-27-10)31-14-2-1-8-3-16-24(21(20)12(28-11)7-32(16)30)25(26(18)19)17(8)22(14)23/h4-6,16,28-29H,1-3,7H2. The van der Waals surface area contributed by atoms with E-state index in [1.54, 1.807) is 0 Å². The van der Waals surface area contributed by atoms with Crippen LogP contribution in [-0.2, 0) is 23.0 Å². The fourth-order valence-corrected chi connectivity index (χ4v) is 10.2. The van der Waals surface area contributed by atoms with E-state index in [2.05, 4.69) is 11.1 Å². The summed E-state index contributed by atoms with van der Waals surface area (Å²) in [5, 5.41) is 23.6. The summed E-state index contributed by atoms with van der Waals surface area (Å²) in [4.78, 5) is 9.90. The summed E-state index contributed by atoms with van der Waals surface area (Å²) in [6.07, 6.45) is 5.07. The van der Waals surface area contributed by atoms with Crippen molar-refractivity contribution >= 4 is 91.9 Å². The van der Waals surface area contributed by atoms with Crippen molar-refractivity contribution in [1.82, 2.24) is 9.97 Å². The van der Waals surface area contributed by atoms with Crippen LogP contribution in [0.5, 0.6) is 5.75 Å². The third-order valence-corrected chi connectivity index (χ3v) is 11.2. The number of benzene rings is 4. The average Bonchev–Trinajstić information content (AvgIpc) is 3.35. The monoisotopic (exact) mass is 450 g/mol. The second-order valence-electron chi connectivity index (χ2n) is 9.75. The Hall–Kier alpha value is -2.96. The minimum atomic E-state index is -0.947. The third-order valence-electron chi connectivity index (χ3n) is 8.45. The van der Waals surface area contributed by atoms with Crippen molar-refractivity contribution in [2.24, 2.45) is 0 Å². The van der Waals surface area contributed by atoms with E-state index in [9.17, 15) is 9.32 Å². The molecule has 152 valence electrons. The molecular formula is C26H14N2O2S2. The second kappa shape index (κ2) is 4.56. The van der Waals surface area contributed by atoms with Crippen LogP contribution in [0.25, 0.3) is 69.8 Å². The zero-order valence-electron chi connectivity index (χ0n) is 16.8. The van der Waals surface area contributed by atoms with Gasteiger partial charge in [0.25, 0.3) is 0 Å². The van der Waals surface area contributed by atoms with E-state index in [0.29, 0.717) is 11.5 Å². The molecule has 0 spiro atoms. The Morgan fingerprint density at radius 1 is 1.03 bits per heavy atom. The van der Waals surface area contributed by atoms with E-state index in [1.165, 1.54) is 63.6 Å². The van der Waals surface area contributed by atoms with Crippen molar-refractivity contribution in [2.45, 2.75) is 30.3 Å². The van der Waals surface area contributed by atoms with Crippen molar-refractivity contribution < 1.29 is 9.32 Å². The SMILES string of the molecule is O=S1Cc2[nH]c3cc(O)c4cc5ncc6sc7c8c9c%10c(c2c3c4c%10c5c68)C1CC=9CC7. The molecule has 10 rings (SSSR count). The lowest BCUT2D eigenvalue weighted by Crippen LogP contribution is -2.27. The highest BCUT2D eigenvalue weighted by Crippen LogP contribution is 2.56. The number of nitrogens with zero attached hydrogens (tertiary/aromatic N) is 1. The van der Waals surface area contributed by atoms with Gasteiger partial charge in [-0.1, -0.05) is 5.57 Å². The molecule has 3 aliphatic rings. The number of thiophene rings is 1. The summed E-state index contributed by atoms with van der Waals surface area (Å²) < 4.78 is 14.8. The van der Waals surface area contributed by atoms with Gasteiger partial charge in [-0.2, -0.15) is 0 Å². The van der Waals surface area contributed by atoms with Gasteiger partial charge in [-0.05, 0) is 41.5 Å². The van der Waals surface area contributed by atoms with Crippen molar-refractivity contribution in [1.29, 1.82) is 0 Å². The Labute approximate surface area is 186 Å². The van der Waals surface area contributed by atoms with Crippen LogP contribution in [-0.4, -0.2) is 19.3 Å². The number of aromatic amines is 1. The van der Waals surface area contributed by atoms with E-state index in [4.69, 9.17) is 4.98 Å². The van der Waals surface area contributed by atoms with E-state index in [0.717, 1.165) is 46.8 Å². The van der Waals surface area contributed by atoms with Crippen LogP contribution in [0.1, 0.15) is 34.2 Å². The van der Waals surface area contributed by atoms with Gasteiger partial charge in [-0.3, -0.25) is 9.19 Å². The number of aryl methyl sites for hydroxylation is 1. The number of pyridine rings is 1. The molecule has 0 amide bonds. The first-order valence-electron chi connectivity index (χ1n) is 11.1. The Kier molecular flexibility index (Phi) is 2.25. The molecule has 3 aromatic heterocycles. The lowest BCUT2D eigenvalue weighted by atomic mass is 9.77. The molecule has 4 heterocycles. The number of phenols is 1. The Morgan fingerprint density at radius 2 is 1.97 bits per heavy atom. The van der Waals surface area contributed by atoms with Crippen molar-refractivity contribution in [3.8, 4) is 5.75 Å². The Bertz CT molecular complexity index is 2130. The van der Waals surface area contributed by atoms with Crippen LogP contribution in [0.4, 0.5) is 0 Å². The van der Waals surface area contributed by atoms with E-state index in [1.807, 2.05) is 23.6 Å². The van der Waals surface area contributed by atoms with Gasteiger partial charge in [0.2, 0.25) is 0 Å². The Balaban J connectivity index is 1.75. The minimum absolute atomic E-state index is 0.0661. The number of nitrogens with one attached hydrogen (secondary N) is 1. The highest BCUT2D eigenvalue weighted by Gasteiger charge is 2.39. The van der Waals surface area contributed by atoms with Crippen LogP contribution in [0.3, 0.4) is 0 Å². The number of aromatic nitrogens is 2. The molecule has 1 aliphatic heterocycles. The van der Waals surface area contributed by atoms with Crippen LogP contribution < -0.4 is 5.22 Å². The molecule has 2 N–H and O–H groups in total. The minimum Gasteiger partial charge on any atom is -0.507 e. The maximum absolute atomic E-state index is 13.5. The molecule has 6 heteroatoms. The maximum atomic E-state index is 13.5. The van der Waals surface area contributed by atoms with Crippen molar-refractivity contribution in [3.05, 3.63) is 39.7 Å². The Morgan fingerprint density at radius 3 is 2.91 bits per heavy atom. The first-order valence-corrected chi connectivity index (χ1v) is 13.3. The zero-order chi connectivity index (χ0) is 20.6. The van der Waals surface area contributed by atoms with Gasteiger partial charge < -0.3 is 10.1 Å². The van der Waals surface area contributed by atoms with Crippen LogP contribution >= 0.6 is 11.3 Å². The summed E-state index contributed by atoms with van der Waals surface area (Å²) >= 11 is 1.90. The van der Waals surface area contributed by atoms with Gasteiger partial charge in [0.15, 0.2) is 0 Å². The molecule has 0 bridgehead atoms. The summed E-state index contributed by atoms with van der Waals surface area (Å²) in [5.41, 5.74) is 5.76. The topological polar surface area (TPSA) is 66.0 Å². The molecule has 7 aromatic rings. The molecular weight excluding hydrogens is 436 g/mol. The molecule has 4 nitrogen and oxygen atoms in total. The molecule has 4 aromatic carbocycles. The zero-order valence-corrected chi connectivity index (χ0v) is 18.4. The fourth-order valence-electron chi connectivity index (χ4n) is 7.41. The number of H-pyrrole nitrogens is 1. The number of aromatic hydroxyl groups is 1. The number of hydrogen-bond acceptors (Lipinski definition) is 4. The van der Waals surface area contributed by atoms with Gasteiger partial charge in [-0.15, -0.1) is 11.3 Å². The van der Waals surface area contributed by atoms with Crippen LogP contribution in [0, 0.1) is 0 Å². The molecule has 32 heavy (non-hydrogen) atoms. The largest absolute Gasteiger partial charge is 0.507 e. The van der Waals surface area contributed by atoms with Gasteiger partial charge >= 0.3 is 0 Å². The third kappa shape index (κ3) is 1.39. The average molecular weight is 451 g/mol. The maximum Gasteiger partial charge on any atom is 0.125 e. The van der Waals surface area contributed by atoms with Crippen molar-refractivity contribution in [2.75, 3.05) is 0 Å². The van der Waals surface area contributed by atoms with Gasteiger partial charge in [0.1, 0.15) is 5.75 Å². The first-order chi connectivity index (χ1) is 15.7. The second-order valence-corrected chi connectivity index (χ2v) is 12.5. The molecule has 2 aliphatic carbocycles. The first kappa shape index (κ1) is 15.8. The van der Waals surface area contributed by atoms with Crippen LogP contribution in [0.2, 0.25) is 0 Å². The van der Waals surface area contributed by atoms with Gasteiger partial charge in [0.05, 0.1) is 26.7 Å². The van der Waals surface area contributed by atoms with E-state index in [-0.39, 0.29) is 5.25 Å². The summed E-state index contributed by atoms with van der Waals surface area (Å²) in [6, 6.07) is 3.93. The molecule has 2 unspecified atom stereocenters. The lowest BCUT2D eigenvalue weighted by Gasteiger charge is -2.32. The van der Waals surface area contributed by atoms with Crippen molar-refractivity contribution in [3.63, 3.8) is 0 Å². The quantitative estimate of drug-likeness (QED) is 0.237. The van der Waals surface area contributed by atoms with E-state index < -0.39 is 10.8 Å². The fraction of sp³-hybridized carbons (Fsp3) is 0.192. The predicted octanol–water partition coefficient (Wildman–Crippen LogP) is 5.49. The summed E-state index contributed by atoms with van der Waals surface area (Å²) in [5.74, 6) is 0.860. The predicted molar refractivity (Wildman–Crippen MR) is 132 cm³/mol. The molecule has 2 atom stereocenters. The lowest BCUT2D eigenvalue weighted by molar-refractivity contribution is 0.482. The van der Waals surface area contributed by atoms with Crippen LogP contribution in [0.15, 0.2) is 18.3 Å². The molecule has 0 fully saturated rings. The summed E-state index contributed by atoms with van der Waals surface area (Å²) in [6.45, 7) is 0. The number of rotatable bonds is 0. The molecule has 0 saturated carbocycles. The summed E-state index contributed by atoms with van der Waals surface area (Å²) in [7, 11) is -0.947.